The summed E-state index contributed by atoms with van der Waals surface area (Å²) in [6.07, 6.45) is -5.04. The Morgan fingerprint density at radius 2 is 1.96 bits per heavy atom. The molecule has 10 heteroatoms. The Kier molecular flexibility index (Phi) is 6.28. The van der Waals surface area contributed by atoms with Gasteiger partial charge in [-0.2, -0.15) is 0 Å². The minimum atomic E-state index is -1.57. The number of methoxy groups -OCH3 is 1. The summed E-state index contributed by atoms with van der Waals surface area (Å²) in [6, 6.07) is 4.43. The van der Waals surface area contributed by atoms with Gasteiger partial charge in [0.15, 0.2) is 11.5 Å². The van der Waals surface area contributed by atoms with E-state index in [0.717, 1.165) is 6.20 Å². The van der Waals surface area contributed by atoms with Crippen LogP contribution in [0.4, 0.5) is 0 Å². The van der Waals surface area contributed by atoms with E-state index in [1.807, 2.05) is 0 Å². The Morgan fingerprint density at radius 3 is 2.56 bits per heavy atom. The average Bonchev–Trinajstić information content (AvgIpc) is 2.60. The van der Waals surface area contributed by atoms with Gasteiger partial charge in [0.1, 0.15) is 24.4 Å². The maximum absolute atomic E-state index is 10.4. The number of hydrogen-bond acceptors (Lipinski definition) is 9. The van der Waals surface area contributed by atoms with Crippen molar-refractivity contribution in [2.45, 2.75) is 30.7 Å². The molecule has 0 amide bonds. The van der Waals surface area contributed by atoms with Gasteiger partial charge in [-0.1, -0.05) is 6.07 Å². The van der Waals surface area contributed by atoms with E-state index in [9.17, 15) is 25.4 Å². The van der Waals surface area contributed by atoms with Gasteiger partial charge in [-0.25, -0.2) is 0 Å². The third-order valence-corrected chi connectivity index (χ3v) is 3.67. The van der Waals surface area contributed by atoms with Crippen LogP contribution in [-0.2, 0) is 4.74 Å². The van der Waals surface area contributed by atoms with Crippen molar-refractivity contribution in [2.24, 2.45) is 0 Å². The van der Waals surface area contributed by atoms with E-state index in [1.54, 1.807) is 0 Å². The summed E-state index contributed by atoms with van der Waals surface area (Å²) in [6.45, 7) is -0.577. The number of ether oxygens (including phenoxy) is 3. The smallest absolute Gasteiger partial charge is 0.235 e. The lowest BCUT2D eigenvalue weighted by Crippen LogP contribution is -2.60. The third-order valence-electron chi connectivity index (χ3n) is 3.67. The average molecular weight is 357 g/mol. The molecule has 0 saturated carbocycles. The van der Waals surface area contributed by atoms with Crippen molar-refractivity contribution in [3.8, 4) is 11.5 Å². The van der Waals surface area contributed by atoms with Gasteiger partial charge in [-0.05, 0) is 17.7 Å². The molecular weight excluding hydrogens is 338 g/mol. The van der Waals surface area contributed by atoms with Gasteiger partial charge >= 0.3 is 0 Å². The zero-order valence-electron chi connectivity index (χ0n) is 13.3. The van der Waals surface area contributed by atoms with E-state index in [0.29, 0.717) is 5.56 Å². The molecule has 138 valence electrons. The van der Waals surface area contributed by atoms with E-state index >= 15 is 0 Å². The molecule has 0 aromatic heterocycles. The van der Waals surface area contributed by atoms with Crippen LogP contribution in [0.5, 0.6) is 11.5 Å². The maximum atomic E-state index is 10.4. The quantitative estimate of drug-likeness (QED) is 0.376. The number of rotatable bonds is 6. The number of nitrogens with zero attached hydrogens (tertiary/aromatic N) is 1. The lowest BCUT2D eigenvalue weighted by atomic mass is 9.99. The fourth-order valence-electron chi connectivity index (χ4n) is 2.32. The molecule has 10 nitrogen and oxygen atoms in total. The molecule has 1 aliphatic rings. The highest BCUT2D eigenvalue weighted by Crippen LogP contribution is 2.32. The van der Waals surface area contributed by atoms with Crippen LogP contribution in [0.15, 0.2) is 24.4 Å². The van der Waals surface area contributed by atoms with Crippen molar-refractivity contribution in [3.63, 3.8) is 0 Å². The second kappa shape index (κ2) is 8.23. The molecule has 4 N–H and O–H groups in total. The van der Waals surface area contributed by atoms with Crippen molar-refractivity contribution in [1.82, 2.24) is 0 Å². The molecule has 1 aliphatic heterocycles. The molecule has 1 heterocycles. The van der Waals surface area contributed by atoms with Gasteiger partial charge in [-0.15, -0.1) is 0 Å². The number of nitro groups is 1. The van der Waals surface area contributed by atoms with Crippen LogP contribution in [0.2, 0.25) is 0 Å². The Balaban J connectivity index is 2.19. The fraction of sp³-hybridized carbons (Fsp3) is 0.467. The highest BCUT2D eigenvalue weighted by atomic mass is 16.7. The fourth-order valence-corrected chi connectivity index (χ4v) is 2.32. The topological polar surface area (TPSA) is 152 Å². The second-order valence-corrected chi connectivity index (χ2v) is 5.33. The van der Waals surface area contributed by atoms with Crippen LogP contribution < -0.4 is 9.47 Å². The Hall–Kier alpha value is -2.24. The van der Waals surface area contributed by atoms with Crippen molar-refractivity contribution >= 4 is 6.08 Å². The molecule has 0 spiro atoms. The Bertz CT molecular complexity index is 633. The summed E-state index contributed by atoms with van der Waals surface area (Å²) in [7, 11) is 1.36. The number of aliphatic hydroxyl groups excluding tert-OH is 4. The van der Waals surface area contributed by atoms with E-state index in [1.165, 1.54) is 31.4 Å². The van der Waals surface area contributed by atoms with Crippen LogP contribution in [0.1, 0.15) is 5.56 Å². The van der Waals surface area contributed by atoms with Gasteiger partial charge in [0.05, 0.1) is 18.6 Å². The lowest BCUT2D eigenvalue weighted by Gasteiger charge is -2.39. The van der Waals surface area contributed by atoms with Gasteiger partial charge < -0.3 is 34.6 Å². The largest absolute Gasteiger partial charge is 0.493 e. The summed E-state index contributed by atoms with van der Waals surface area (Å²) in [5, 5.41) is 49.0. The van der Waals surface area contributed by atoms with Gasteiger partial charge in [0.25, 0.3) is 0 Å². The second-order valence-electron chi connectivity index (χ2n) is 5.33. The number of hydrogen-bond donors (Lipinski definition) is 4. The zero-order valence-corrected chi connectivity index (χ0v) is 13.3. The molecule has 0 aliphatic carbocycles. The highest BCUT2D eigenvalue weighted by Gasteiger charge is 2.44. The zero-order chi connectivity index (χ0) is 18.6. The van der Waals surface area contributed by atoms with E-state index < -0.39 is 42.2 Å². The van der Waals surface area contributed by atoms with Crippen LogP contribution in [-0.4, -0.2) is 69.8 Å². The van der Waals surface area contributed by atoms with Gasteiger partial charge in [-0.3, -0.25) is 10.1 Å². The Morgan fingerprint density at radius 1 is 1.24 bits per heavy atom. The summed E-state index contributed by atoms with van der Waals surface area (Å²) in [5.41, 5.74) is 0.481. The monoisotopic (exact) mass is 357 g/mol. The molecule has 2 rings (SSSR count). The van der Waals surface area contributed by atoms with Gasteiger partial charge in [0, 0.05) is 6.08 Å². The van der Waals surface area contributed by atoms with Crippen molar-refractivity contribution in [3.05, 3.63) is 40.1 Å². The third kappa shape index (κ3) is 4.44. The molecule has 5 atom stereocenters. The maximum Gasteiger partial charge on any atom is 0.235 e. The molecular formula is C15H19NO9. The van der Waals surface area contributed by atoms with E-state index in [2.05, 4.69) is 0 Å². The van der Waals surface area contributed by atoms with Crippen LogP contribution in [0, 0.1) is 10.1 Å². The summed E-state index contributed by atoms with van der Waals surface area (Å²) in [5.74, 6) is 0.354. The van der Waals surface area contributed by atoms with E-state index in [-0.39, 0.29) is 11.5 Å². The first-order valence-corrected chi connectivity index (χ1v) is 7.34. The molecule has 1 saturated heterocycles. The highest BCUT2D eigenvalue weighted by molar-refractivity contribution is 5.55. The van der Waals surface area contributed by atoms with Crippen molar-refractivity contribution in [1.29, 1.82) is 0 Å². The first-order chi connectivity index (χ1) is 11.9. The van der Waals surface area contributed by atoms with E-state index in [4.69, 9.17) is 19.3 Å². The molecule has 0 unspecified atom stereocenters. The first kappa shape index (κ1) is 19.1. The number of aliphatic hydroxyl groups is 4. The minimum Gasteiger partial charge on any atom is -0.493 e. The summed E-state index contributed by atoms with van der Waals surface area (Å²) >= 11 is 0. The molecule has 25 heavy (non-hydrogen) atoms. The molecule has 0 radical (unpaired) electrons. The van der Waals surface area contributed by atoms with Crippen LogP contribution in [0.3, 0.4) is 0 Å². The van der Waals surface area contributed by atoms with Crippen molar-refractivity contribution < 1.29 is 39.6 Å². The normalized spacial score (nSPS) is 29.6. The summed E-state index contributed by atoms with van der Waals surface area (Å²) in [4.78, 5) is 9.76. The van der Waals surface area contributed by atoms with Crippen LogP contribution >= 0.6 is 0 Å². The number of benzene rings is 1. The minimum absolute atomic E-state index is 0.144. The van der Waals surface area contributed by atoms with Crippen LogP contribution in [0.25, 0.3) is 6.08 Å². The molecule has 0 bridgehead atoms. The molecule has 1 aromatic rings. The predicted octanol–water partition coefficient (Wildman–Crippen LogP) is -0.879. The first-order valence-electron chi connectivity index (χ1n) is 7.34. The molecule has 1 fully saturated rings. The Labute approximate surface area is 142 Å². The predicted molar refractivity (Wildman–Crippen MR) is 83.4 cm³/mol. The van der Waals surface area contributed by atoms with Crippen molar-refractivity contribution in [2.75, 3.05) is 13.7 Å². The SMILES string of the molecule is COc1cc(C=C[N+](=O)[O-])ccc1O[C@H]1O[C@H](CO)[C@@H](O)[C@H](O)[C@H]1O. The standard InChI is InChI=1S/C15H19NO9/c1-23-10-6-8(4-5-16(21)22)2-3-9(10)24-15-14(20)13(19)12(18)11(7-17)25-15/h2-6,11-15,17-20H,7H2,1H3/t11-,12-,13+,14-,15+/m1/s1. The van der Waals surface area contributed by atoms with Gasteiger partial charge in [0.2, 0.25) is 12.5 Å². The molecule has 1 aromatic carbocycles. The summed E-state index contributed by atoms with van der Waals surface area (Å²) < 4.78 is 15.9. The lowest BCUT2D eigenvalue weighted by molar-refractivity contribution is -0.400.